The molecule has 1 saturated carbocycles. The molecule has 0 aliphatic heterocycles. The lowest BCUT2D eigenvalue weighted by atomic mass is 9.74. The molecule has 132 valence electrons. The second-order valence-corrected chi connectivity index (χ2v) is 7.10. The summed E-state index contributed by atoms with van der Waals surface area (Å²) in [6.07, 6.45) is 6.59. The van der Waals surface area contributed by atoms with E-state index in [1.807, 2.05) is 18.2 Å². The van der Waals surface area contributed by atoms with Gasteiger partial charge in [0.25, 0.3) is 0 Å². The van der Waals surface area contributed by atoms with Crippen LogP contribution >= 0.6 is 0 Å². The van der Waals surface area contributed by atoms with E-state index in [4.69, 9.17) is 0 Å². The fourth-order valence-electron chi connectivity index (χ4n) is 3.77. The summed E-state index contributed by atoms with van der Waals surface area (Å²) in [4.78, 5) is 16.5. The molecule has 0 radical (unpaired) electrons. The van der Waals surface area contributed by atoms with E-state index < -0.39 is 0 Å². The molecule has 0 saturated heterocycles. The number of anilines is 1. The molecule has 1 heterocycles. The van der Waals surface area contributed by atoms with E-state index in [-0.39, 0.29) is 11.8 Å². The number of hydrogen-bond donors (Lipinski definition) is 2. The highest BCUT2D eigenvalue weighted by Gasteiger charge is 2.32. The van der Waals surface area contributed by atoms with Gasteiger partial charge in [-0.25, -0.2) is 0 Å². The van der Waals surface area contributed by atoms with Gasteiger partial charge in [-0.05, 0) is 55.3 Å². The molecule has 25 heavy (non-hydrogen) atoms. The Morgan fingerprint density at radius 3 is 2.60 bits per heavy atom. The monoisotopic (exact) mass is 337 g/mol. The third-order valence-electron chi connectivity index (χ3n) is 5.17. The maximum atomic E-state index is 12.5. The predicted octanol–water partition coefficient (Wildman–Crippen LogP) is 3.86. The number of carbonyl (C=O) groups excluding carboxylic acids is 1. The largest absolute Gasteiger partial charge is 0.326 e. The summed E-state index contributed by atoms with van der Waals surface area (Å²) >= 11 is 0. The Bertz CT molecular complexity index is 659. The highest BCUT2D eigenvalue weighted by atomic mass is 16.1. The first-order valence-electron chi connectivity index (χ1n) is 9.18. The molecular formula is C21H27N3O. The fraction of sp³-hybridized carbons (Fsp3) is 0.429. The molecule has 4 heteroatoms. The summed E-state index contributed by atoms with van der Waals surface area (Å²) in [6.45, 7) is 4.15. The molecule has 2 aromatic rings. The number of hydrogen-bond acceptors (Lipinski definition) is 3. The third-order valence-corrected chi connectivity index (χ3v) is 5.17. The zero-order chi connectivity index (χ0) is 17.5. The molecule has 4 nitrogen and oxygen atoms in total. The van der Waals surface area contributed by atoms with Crippen molar-refractivity contribution in [2.45, 2.75) is 32.7 Å². The molecule has 1 aliphatic carbocycles. The molecule has 0 spiro atoms. The number of nitrogens with one attached hydrogen (secondary N) is 2. The zero-order valence-corrected chi connectivity index (χ0v) is 14.8. The van der Waals surface area contributed by atoms with E-state index in [9.17, 15) is 4.79 Å². The molecule has 3 unspecified atom stereocenters. The normalized spacial score (nSPS) is 23.2. The van der Waals surface area contributed by atoms with Gasteiger partial charge >= 0.3 is 0 Å². The summed E-state index contributed by atoms with van der Waals surface area (Å²) in [6, 6.07) is 14.2. The van der Waals surface area contributed by atoms with Gasteiger partial charge in [0.15, 0.2) is 0 Å². The van der Waals surface area contributed by atoms with Gasteiger partial charge in [0.1, 0.15) is 0 Å². The minimum absolute atomic E-state index is 0.110. The van der Waals surface area contributed by atoms with Crippen LogP contribution in [0.4, 0.5) is 5.69 Å². The number of rotatable bonds is 6. The Morgan fingerprint density at radius 1 is 1.12 bits per heavy atom. The summed E-state index contributed by atoms with van der Waals surface area (Å²) in [5.74, 6) is 1.33. The maximum Gasteiger partial charge on any atom is 0.227 e. The number of carbonyl (C=O) groups is 1. The Labute approximate surface area is 150 Å². The molecule has 1 fully saturated rings. The van der Waals surface area contributed by atoms with Crippen LogP contribution in [0.3, 0.4) is 0 Å². The van der Waals surface area contributed by atoms with Crippen molar-refractivity contribution in [1.82, 2.24) is 10.3 Å². The Balaban J connectivity index is 1.43. The summed E-state index contributed by atoms with van der Waals surface area (Å²) in [5, 5.41) is 6.60. The number of aromatic nitrogens is 1. The van der Waals surface area contributed by atoms with Crippen LogP contribution in [0.1, 0.15) is 31.7 Å². The average molecular weight is 337 g/mol. The lowest BCUT2D eigenvalue weighted by molar-refractivity contribution is -0.122. The van der Waals surface area contributed by atoms with E-state index in [2.05, 4.69) is 46.8 Å². The second-order valence-electron chi connectivity index (χ2n) is 7.10. The van der Waals surface area contributed by atoms with Gasteiger partial charge in [-0.2, -0.15) is 0 Å². The maximum absolute atomic E-state index is 12.5. The molecular weight excluding hydrogens is 310 g/mol. The van der Waals surface area contributed by atoms with Crippen LogP contribution in [0.25, 0.3) is 0 Å². The van der Waals surface area contributed by atoms with Crippen molar-refractivity contribution in [2.75, 3.05) is 11.9 Å². The van der Waals surface area contributed by atoms with E-state index in [0.717, 1.165) is 38.0 Å². The highest BCUT2D eigenvalue weighted by Crippen LogP contribution is 2.34. The molecule has 3 atom stereocenters. The van der Waals surface area contributed by atoms with Crippen molar-refractivity contribution in [2.24, 2.45) is 17.8 Å². The summed E-state index contributed by atoms with van der Waals surface area (Å²) in [5.41, 5.74) is 2.15. The zero-order valence-electron chi connectivity index (χ0n) is 14.8. The summed E-state index contributed by atoms with van der Waals surface area (Å²) < 4.78 is 0. The van der Waals surface area contributed by atoms with Crippen LogP contribution in [0.2, 0.25) is 0 Å². The van der Waals surface area contributed by atoms with Crippen LogP contribution in [0, 0.1) is 17.8 Å². The minimum atomic E-state index is 0.110. The Hall–Kier alpha value is -2.20. The van der Waals surface area contributed by atoms with E-state index in [1.165, 1.54) is 5.56 Å². The molecule has 3 rings (SSSR count). The second kappa shape index (κ2) is 8.77. The van der Waals surface area contributed by atoms with Gasteiger partial charge in [-0.15, -0.1) is 0 Å². The SMILES string of the molecule is CC1CC(CNCc2ccccc2)CCC1C(=O)Nc1ccncc1. The van der Waals surface area contributed by atoms with Crippen molar-refractivity contribution in [3.8, 4) is 0 Å². The average Bonchev–Trinajstić information content (AvgIpc) is 2.63. The van der Waals surface area contributed by atoms with E-state index >= 15 is 0 Å². The van der Waals surface area contributed by atoms with Gasteiger partial charge < -0.3 is 10.6 Å². The van der Waals surface area contributed by atoms with Crippen molar-refractivity contribution in [3.63, 3.8) is 0 Å². The minimum Gasteiger partial charge on any atom is -0.326 e. The van der Waals surface area contributed by atoms with E-state index in [0.29, 0.717) is 11.8 Å². The Morgan fingerprint density at radius 2 is 1.88 bits per heavy atom. The number of pyridine rings is 1. The van der Waals surface area contributed by atoms with Crippen molar-refractivity contribution in [3.05, 3.63) is 60.4 Å². The number of benzene rings is 1. The van der Waals surface area contributed by atoms with Crippen LogP contribution in [0.15, 0.2) is 54.9 Å². The molecule has 2 N–H and O–H groups in total. The first kappa shape index (κ1) is 17.6. The Kier molecular flexibility index (Phi) is 6.18. The van der Waals surface area contributed by atoms with Crippen LogP contribution < -0.4 is 10.6 Å². The predicted molar refractivity (Wildman–Crippen MR) is 101 cm³/mol. The van der Waals surface area contributed by atoms with Gasteiger partial charge in [0, 0.05) is 30.5 Å². The van der Waals surface area contributed by atoms with Gasteiger partial charge in [-0.1, -0.05) is 37.3 Å². The topological polar surface area (TPSA) is 54.0 Å². The fourth-order valence-corrected chi connectivity index (χ4v) is 3.77. The molecule has 1 aromatic carbocycles. The van der Waals surface area contributed by atoms with Crippen LogP contribution in [-0.4, -0.2) is 17.4 Å². The molecule has 1 aliphatic rings. The first-order chi connectivity index (χ1) is 12.2. The molecule has 0 bridgehead atoms. The first-order valence-corrected chi connectivity index (χ1v) is 9.18. The number of amides is 1. The van der Waals surface area contributed by atoms with Crippen molar-refractivity contribution in [1.29, 1.82) is 0 Å². The van der Waals surface area contributed by atoms with Crippen molar-refractivity contribution >= 4 is 11.6 Å². The van der Waals surface area contributed by atoms with Crippen LogP contribution in [0.5, 0.6) is 0 Å². The van der Waals surface area contributed by atoms with Crippen LogP contribution in [-0.2, 0) is 11.3 Å². The van der Waals surface area contributed by atoms with E-state index in [1.54, 1.807) is 12.4 Å². The molecule has 1 amide bonds. The van der Waals surface area contributed by atoms with Gasteiger partial charge in [0.2, 0.25) is 5.91 Å². The lowest BCUT2D eigenvalue weighted by Gasteiger charge is -2.33. The number of nitrogens with zero attached hydrogens (tertiary/aromatic N) is 1. The highest BCUT2D eigenvalue weighted by molar-refractivity contribution is 5.92. The van der Waals surface area contributed by atoms with Gasteiger partial charge in [-0.3, -0.25) is 9.78 Å². The molecule has 1 aromatic heterocycles. The smallest absolute Gasteiger partial charge is 0.227 e. The standard InChI is InChI=1S/C21H27N3O/c1-16-13-18(15-23-14-17-5-3-2-4-6-17)7-8-20(16)21(25)24-19-9-11-22-12-10-19/h2-6,9-12,16,18,20,23H,7-8,13-15H2,1H3,(H,22,24,25). The third kappa shape index (κ3) is 5.13. The van der Waals surface area contributed by atoms with Crippen molar-refractivity contribution < 1.29 is 4.79 Å². The van der Waals surface area contributed by atoms with Gasteiger partial charge in [0.05, 0.1) is 0 Å². The summed E-state index contributed by atoms with van der Waals surface area (Å²) in [7, 11) is 0. The quantitative estimate of drug-likeness (QED) is 0.841. The lowest BCUT2D eigenvalue weighted by Crippen LogP contribution is -2.36.